The van der Waals surface area contributed by atoms with E-state index in [9.17, 15) is 34.2 Å². The van der Waals surface area contributed by atoms with Gasteiger partial charge in [-0.3, -0.25) is 24.0 Å². The number of carbonyl (C=O) groups excluding carboxylic acids is 5. The second-order valence-electron chi connectivity index (χ2n) is 14.8. The van der Waals surface area contributed by atoms with Gasteiger partial charge >= 0.3 is 0 Å². The Kier molecular flexibility index (Phi) is 66.8. The molecule has 0 rings (SSSR count). The zero-order chi connectivity index (χ0) is 52.6. The molecule has 0 aromatic carbocycles. The van der Waals surface area contributed by atoms with Crippen LogP contribution in [0, 0.1) is 0 Å². The van der Waals surface area contributed by atoms with Crippen molar-refractivity contribution in [2.24, 2.45) is 0 Å². The molecule has 0 saturated carbocycles. The summed E-state index contributed by atoms with van der Waals surface area (Å²) in [5.74, 6) is 2.49. The Bertz CT molecular complexity index is 1150. The Morgan fingerprint density at radius 1 is 0.426 bits per heavy atom. The van der Waals surface area contributed by atoms with Crippen LogP contribution >= 0.6 is 48.8 Å². The molecule has 16 nitrogen and oxygen atoms in total. The van der Waals surface area contributed by atoms with Gasteiger partial charge in [-0.1, -0.05) is 18.2 Å². The molecule has 0 bridgehead atoms. The molecule has 0 aliphatic carbocycles. The van der Waals surface area contributed by atoms with Gasteiger partial charge in [0.25, 0.3) is 0 Å². The second kappa shape index (κ2) is 60.9. The van der Waals surface area contributed by atoms with Crippen LogP contribution < -0.4 is 16.0 Å². The fraction of sp³-hybridized carbons (Fsp3) is 0.771. The maximum Gasteiger partial charge on any atom is 0.223 e. The molecule has 6 N–H and O–H groups in total. The Labute approximate surface area is 433 Å². The highest BCUT2D eigenvalue weighted by molar-refractivity contribution is 7.98. The third kappa shape index (κ3) is 47.4. The number of aliphatic hydroxyl groups is 3. The maximum absolute atomic E-state index is 12.4. The first-order valence-corrected chi connectivity index (χ1v) is 28.4. The SMILES string of the molecule is C=CCCC(=O)N(CCO)CCN(CCNC)C(=O)CCCCSC.C=CCCC(=O)N(CCO)CCN(CCNC)C(=O)CCCCSC.C=CCCC(=O)N(CCO)CCNC.CS.CS. The van der Waals surface area contributed by atoms with Crippen molar-refractivity contribution in [3.63, 3.8) is 0 Å². The monoisotopic (exact) mass is 1040 g/mol. The number of nitrogens with one attached hydrogen (secondary N) is 3. The number of amides is 5. The summed E-state index contributed by atoms with van der Waals surface area (Å²) < 4.78 is 0. The lowest BCUT2D eigenvalue weighted by atomic mass is 10.2. The molecular weight excluding hydrogens is 945 g/mol. The van der Waals surface area contributed by atoms with Crippen molar-refractivity contribution in [3.05, 3.63) is 38.0 Å². The van der Waals surface area contributed by atoms with Crippen molar-refractivity contribution in [1.29, 1.82) is 0 Å². The van der Waals surface area contributed by atoms with Crippen molar-refractivity contribution < 1.29 is 39.3 Å². The molecule has 0 unspecified atom stereocenters. The minimum Gasteiger partial charge on any atom is -0.395 e. The van der Waals surface area contributed by atoms with E-state index >= 15 is 0 Å². The molecule has 0 radical (unpaired) electrons. The first-order chi connectivity index (χ1) is 33.0. The normalized spacial score (nSPS) is 9.94. The number of likely N-dealkylation sites (N-methyl/N-ethyl adjacent to an activating group) is 3. The number of nitrogens with zero attached hydrogens (tertiary/aromatic N) is 5. The number of allylic oxidation sites excluding steroid dienone is 3. The van der Waals surface area contributed by atoms with Crippen LogP contribution in [-0.2, 0) is 24.0 Å². The van der Waals surface area contributed by atoms with Crippen LogP contribution in [0.15, 0.2) is 38.0 Å². The average molecular weight is 1040 g/mol. The lowest BCUT2D eigenvalue weighted by molar-refractivity contribution is -0.135. The van der Waals surface area contributed by atoms with Crippen LogP contribution in [0.5, 0.6) is 0 Å². The number of thiol groups is 2. The van der Waals surface area contributed by atoms with E-state index in [2.05, 4.69) is 73.5 Å². The Hall–Kier alpha value is -2.27. The Morgan fingerprint density at radius 3 is 0.882 bits per heavy atom. The summed E-state index contributed by atoms with van der Waals surface area (Å²) in [7, 11) is 5.56. The topological polar surface area (TPSA) is 198 Å². The van der Waals surface area contributed by atoms with Gasteiger partial charge in [0.2, 0.25) is 29.5 Å². The molecule has 0 aromatic rings. The molecule has 0 spiro atoms. The summed E-state index contributed by atoms with van der Waals surface area (Å²) in [6, 6.07) is 0. The van der Waals surface area contributed by atoms with Gasteiger partial charge in [0, 0.05) is 117 Å². The molecule has 0 atom stereocenters. The van der Waals surface area contributed by atoms with Gasteiger partial charge in [-0.05, 0) is 103 Å². The van der Waals surface area contributed by atoms with Crippen LogP contribution in [0.25, 0.3) is 0 Å². The first kappa shape index (κ1) is 74.7. The summed E-state index contributed by atoms with van der Waals surface area (Å²) in [5.41, 5.74) is 0. The van der Waals surface area contributed by atoms with Crippen LogP contribution in [0.3, 0.4) is 0 Å². The van der Waals surface area contributed by atoms with Crippen molar-refractivity contribution >= 4 is 78.3 Å². The molecule has 0 aliphatic heterocycles. The van der Waals surface area contributed by atoms with E-state index in [-0.39, 0.29) is 49.4 Å². The smallest absolute Gasteiger partial charge is 0.223 e. The minimum atomic E-state index is -0.0705. The van der Waals surface area contributed by atoms with Crippen LogP contribution in [0.2, 0.25) is 0 Å². The molecule has 5 amide bonds. The van der Waals surface area contributed by atoms with E-state index in [1.165, 1.54) is 0 Å². The van der Waals surface area contributed by atoms with Crippen molar-refractivity contribution in [1.82, 2.24) is 40.4 Å². The third-order valence-corrected chi connectivity index (χ3v) is 11.1. The fourth-order valence-electron chi connectivity index (χ4n) is 5.90. The summed E-state index contributed by atoms with van der Waals surface area (Å²) in [4.78, 5) is 69.4. The first-order valence-electron chi connectivity index (χ1n) is 23.8. The zero-order valence-corrected chi connectivity index (χ0v) is 46.8. The van der Waals surface area contributed by atoms with E-state index in [1.54, 1.807) is 69.0 Å². The van der Waals surface area contributed by atoms with Crippen LogP contribution in [0.4, 0.5) is 0 Å². The maximum atomic E-state index is 12.4. The molecular formula is C48H98N8O8S4. The highest BCUT2D eigenvalue weighted by Crippen LogP contribution is 2.08. The molecule has 0 aliphatic rings. The molecule has 402 valence electrons. The van der Waals surface area contributed by atoms with Gasteiger partial charge in [0.15, 0.2) is 0 Å². The number of rotatable bonds is 40. The van der Waals surface area contributed by atoms with Crippen molar-refractivity contribution in [2.75, 3.05) is 163 Å². The van der Waals surface area contributed by atoms with E-state index in [4.69, 9.17) is 5.11 Å². The predicted octanol–water partition coefficient (Wildman–Crippen LogP) is 3.79. The highest BCUT2D eigenvalue weighted by atomic mass is 32.2. The minimum absolute atomic E-state index is 0.00469. The second-order valence-corrected chi connectivity index (χ2v) is 16.7. The Balaban J connectivity index is -0.000000291. The van der Waals surface area contributed by atoms with Gasteiger partial charge in [-0.15, -0.1) is 19.7 Å². The van der Waals surface area contributed by atoms with Gasteiger partial charge in [-0.2, -0.15) is 48.8 Å². The molecule has 20 heteroatoms. The molecule has 0 saturated heterocycles. The van der Waals surface area contributed by atoms with Gasteiger partial charge in [-0.25, -0.2) is 0 Å². The predicted molar refractivity (Wildman–Crippen MR) is 299 cm³/mol. The fourth-order valence-corrected chi connectivity index (χ4v) is 6.89. The van der Waals surface area contributed by atoms with Gasteiger partial charge in [0.05, 0.1) is 19.8 Å². The molecule has 0 fully saturated rings. The molecule has 0 heterocycles. The number of hydrogen-bond acceptors (Lipinski definition) is 15. The summed E-state index contributed by atoms with van der Waals surface area (Å²) >= 11 is 10.6. The van der Waals surface area contributed by atoms with E-state index in [1.807, 2.05) is 30.9 Å². The standard InChI is InChI=1S/2C18H35N3O3S.C10H20N2O2.2CH4S/c2*1-4-5-8-17(23)21(14-15-22)13-12-20(11-10-19-2)18(24)9-6-7-16-25-3;1-3-4-5-10(14)12(8-9-13)7-6-11-2;2*1-2/h2*4,19,22H,1,5-16H2,2-3H3;3,11,13H,1,4-9H2,2H3;2*2H,1H3. The lowest BCUT2D eigenvalue weighted by Gasteiger charge is -2.28. The van der Waals surface area contributed by atoms with E-state index in [0.717, 1.165) is 56.8 Å². The number of thioether (sulfide) groups is 2. The van der Waals surface area contributed by atoms with Gasteiger partial charge < -0.3 is 55.8 Å². The Morgan fingerprint density at radius 2 is 0.662 bits per heavy atom. The highest BCUT2D eigenvalue weighted by Gasteiger charge is 2.19. The number of carbonyl (C=O) groups is 5. The average Bonchev–Trinajstić information content (AvgIpc) is 3.36. The van der Waals surface area contributed by atoms with E-state index < -0.39 is 0 Å². The van der Waals surface area contributed by atoms with Gasteiger partial charge in [0.1, 0.15) is 0 Å². The third-order valence-electron chi connectivity index (χ3n) is 9.71. The van der Waals surface area contributed by atoms with Crippen LogP contribution in [0.1, 0.15) is 77.0 Å². The lowest BCUT2D eigenvalue weighted by Crippen LogP contribution is -2.44. The molecule has 68 heavy (non-hydrogen) atoms. The van der Waals surface area contributed by atoms with Crippen molar-refractivity contribution in [2.45, 2.75) is 77.0 Å². The molecule has 0 aromatic heterocycles. The van der Waals surface area contributed by atoms with Crippen LogP contribution in [-0.4, -0.2) is 232 Å². The quantitative estimate of drug-likeness (QED) is 0.0251. The number of unbranched alkanes of at least 4 members (excludes halogenated alkanes) is 2. The van der Waals surface area contributed by atoms with Crippen molar-refractivity contribution in [3.8, 4) is 0 Å². The number of hydrogen-bond donors (Lipinski definition) is 8. The summed E-state index contributed by atoms with van der Waals surface area (Å²) in [5, 5.41) is 36.2. The summed E-state index contributed by atoms with van der Waals surface area (Å²) in [6.07, 6.45) is 20.9. The summed E-state index contributed by atoms with van der Waals surface area (Å²) in [6.45, 7) is 17.7. The largest absolute Gasteiger partial charge is 0.395 e. The van der Waals surface area contributed by atoms with E-state index in [0.29, 0.717) is 117 Å². The zero-order valence-electron chi connectivity index (χ0n) is 43.4. The number of aliphatic hydroxyl groups excluding tert-OH is 3.